The van der Waals surface area contributed by atoms with Crippen molar-refractivity contribution >= 4 is 29.0 Å². The van der Waals surface area contributed by atoms with Crippen LogP contribution in [0.25, 0.3) is 0 Å². The van der Waals surface area contributed by atoms with E-state index in [4.69, 9.17) is 22.6 Å². The molecule has 1 heterocycles. The average molecular weight is 307 g/mol. The highest BCUT2D eigenvalue weighted by molar-refractivity contribution is 6.33. The normalized spacial score (nSPS) is 10.2. The number of benzene rings is 1. The highest BCUT2D eigenvalue weighted by Crippen LogP contribution is 2.20. The number of carbonyl (C=O) groups excluding carboxylic acids is 1. The number of aliphatic hydroxyl groups is 1. The maximum absolute atomic E-state index is 12.1. The van der Waals surface area contributed by atoms with Gasteiger partial charge >= 0.3 is 0 Å². The summed E-state index contributed by atoms with van der Waals surface area (Å²) in [5.74, 6) is 5.21. The van der Waals surface area contributed by atoms with E-state index in [1.165, 1.54) is 12.3 Å². The van der Waals surface area contributed by atoms with E-state index in [2.05, 4.69) is 15.7 Å². The van der Waals surface area contributed by atoms with Gasteiger partial charge in [0.15, 0.2) is 5.82 Å². The first-order chi connectivity index (χ1) is 10.1. The second kappa shape index (κ2) is 7.03. The van der Waals surface area contributed by atoms with Crippen LogP contribution in [0.15, 0.2) is 36.5 Å². The van der Waals surface area contributed by atoms with Crippen molar-refractivity contribution in [2.24, 2.45) is 5.84 Å². The molecule has 0 unspecified atom stereocenters. The lowest BCUT2D eigenvalue weighted by molar-refractivity contribution is 0.102. The number of hydrogen-bond donors (Lipinski definition) is 4. The largest absolute Gasteiger partial charge is 0.396 e. The number of nitrogens with zero attached hydrogens (tertiary/aromatic N) is 1. The van der Waals surface area contributed by atoms with Gasteiger partial charge in [-0.3, -0.25) is 4.79 Å². The Kier molecular flexibility index (Phi) is 5.10. The number of hydrogen-bond acceptors (Lipinski definition) is 5. The first kappa shape index (κ1) is 15.2. The van der Waals surface area contributed by atoms with Crippen molar-refractivity contribution in [3.8, 4) is 0 Å². The molecule has 6 nitrogen and oxygen atoms in total. The van der Waals surface area contributed by atoms with Crippen LogP contribution in [0, 0.1) is 0 Å². The standard InChI is InChI=1S/C14H15ClN4O2/c15-12-7-10(8-17-13(12)19-16)14(21)18-11-3-1-9(2-4-11)5-6-20/h1-4,7-8,20H,5-6,16H2,(H,17,19)(H,18,21). The first-order valence-corrected chi connectivity index (χ1v) is 6.65. The van der Waals surface area contributed by atoms with E-state index < -0.39 is 0 Å². The zero-order valence-corrected chi connectivity index (χ0v) is 11.9. The van der Waals surface area contributed by atoms with Gasteiger partial charge in [0.2, 0.25) is 0 Å². The molecule has 0 aliphatic heterocycles. The predicted molar refractivity (Wildman–Crippen MR) is 82.2 cm³/mol. The number of anilines is 2. The molecule has 0 saturated carbocycles. The SMILES string of the molecule is NNc1ncc(C(=O)Nc2ccc(CCO)cc2)cc1Cl. The summed E-state index contributed by atoms with van der Waals surface area (Å²) in [6.07, 6.45) is 1.97. The van der Waals surface area contributed by atoms with Gasteiger partial charge in [-0.05, 0) is 30.2 Å². The van der Waals surface area contributed by atoms with Gasteiger partial charge in [0.1, 0.15) is 0 Å². The molecule has 5 N–H and O–H groups in total. The van der Waals surface area contributed by atoms with Crippen molar-refractivity contribution in [3.05, 3.63) is 52.7 Å². The number of halogens is 1. The van der Waals surface area contributed by atoms with Crippen LogP contribution < -0.4 is 16.6 Å². The number of aromatic nitrogens is 1. The Hall–Kier alpha value is -2.15. The zero-order valence-electron chi connectivity index (χ0n) is 11.1. The molecule has 110 valence electrons. The summed E-state index contributed by atoms with van der Waals surface area (Å²) in [6.45, 7) is 0.0946. The Morgan fingerprint density at radius 3 is 2.62 bits per heavy atom. The minimum atomic E-state index is -0.317. The van der Waals surface area contributed by atoms with Crippen LogP contribution in [0.2, 0.25) is 5.02 Å². The molecule has 7 heteroatoms. The molecule has 0 radical (unpaired) electrons. The molecule has 1 aromatic heterocycles. The summed E-state index contributed by atoms with van der Waals surface area (Å²) < 4.78 is 0. The Morgan fingerprint density at radius 2 is 2.05 bits per heavy atom. The third-order valence-corrected chi connectivity index (χ3v) is 3.14. The van der Waals surface area contributed by atoms with Crippen LogP contribution in [0.3, 0.4) is 0 Å². The van der Waals surface area contributed by atoms with Crippen LogP contribution in [-0.2, 0) is 6.42 Å². The van der Waals surface area contributed by atoms with E-state index in [-0.39, 0.29) is 17.5 Å². The highest BCUT2D eigenvalue weighted by Gasteiger charge is 2.10. The van der Waals surface area contributed by atoms with Gasteiger partial charge in [-0.25, -0.2) is 10.8 Å². The summed E-state index contributed by atoms with van der Waals surface area (Å²) in [4.78, 5) is 16.0. The number of pyridine rings is 1. The lowest BCUT2D eigenvalue weighted by Crippen LogP contribution is -2.14. The van der Waals surface area contributed by atoms with Gasteiger partial charge < -0.3 is 15.8 Å². The number of aliphatic hydroxyl groups excluding tert-OH is 1. The molecule has 0 saturated heterocycles. The van der Waals surface area contributed by atoms with Crippen LogP contribution in [0.4, 0.5) is 11.5 Å². The molecule has 0 aliphatic rings. The summed E-state index contributed by atoms with van der Waals surface area (Å²) in [7, 11) is 0. The maximum atomic E-state index is 12.1. The Morgan fingerprint density at radius 1 is 1.33 bits per heavy atom. The van der Waals surface area contributed by atoms with Crippen molar-refractivity contribution < 1.29 is 9.90 Å². The van der Waals surface area contributed by atoms with Crippen molar-refractivity contribution in [3.63, 3.8) is 0 Å². The highest BCUT2D eigenvalue weighted by atomic mass is 35.5. The Bertz CT molecular complexity index is 631. The summed E-state index contributed by atoms with van der Waals surface area (Å²) >= 11 is 5.92. The van der Waals surface area contributed by atoms with Gasteiger partial charge in [-0.1, -0.05) is 23.7 Å². The molecule has 0 fully saturated rings. The van der Waals surface area contributed by atoms with Crippen molar-refractivity contribution in [2.45, 2.75) is 6.42 Å². The van der Waals surface area contributed by atoms with Crippen molar-refractivity contribution in [1.29, 1.82) is 0 Å². The van der Waals surface area contributed by atoms with E-state index in [1.807, 2.05) is 12.1 Å². The number of carbonyl (C=O) groups is 1. The second-order valence-electron chi connectivity index (χ2n) is 4.32. The zero-order chi connectivity index (χ0) is 15.2. The summed E-state index contributed by atoms with van der Waals surface area (Å²) in [5, 5.41) is 11.9. The predicted octanol–water partition coefficient (Wildman–Crippen LogP) is 1.81. The fourth-order valence-electron chi connectivity index (χ4n) is 1.76. The molecule has 1 amide bonds. The number of hydrazine groups is 1. The maximum Gasteiger partial charge on any atom is 0.257 e. The fourth-order valence-corrected chi connectivity index (χ4v) is 1.98. The summed E-state index contributed by atoms with van der Waals surface area (Å²) in [6, 6.07) is 8.72. The minimum Gasteiger partial charge on any atom is -0.396 e. The Balaban J connectivity index is 2.08. The van der Waals surface area contributed by atoms with E-state index in [1.54, 1.807) is 12.1 Å². The van der Waals surface area contributed by atoms with Gasteiger partial charge in [-0.15, -0.1) is 0 Å². The third kappa shape index (κ3) is 3.91. The second-order valence-corrected chi connectivity index (χ2v) is 4.73. The van der Waals surface area contributed by atoms with Crippen LogP contribution in [-0.4, -0.2) is 22.6 Å². The molecule has 2 aromatic rings. The van der Waals surface area contributed by atoms with E-state index in [0.717, 1.165) is 5.56 Å². The molecule has 0 atom stereocenters. The van der Waals surface area contributed by atoms with Gasteiger partial charge in [0.25, 0.3) is 5.91 Å². The van der Waals surface area contributed by atoms with Crippen LogP contribution in [0.1, 0.15) is 15.9 Å². The van der Waals surface area contributed by atoms with Gasteiger partial charge in [0, 0.05) is 18.5 Å². The first-order valence-electron chi connectivity index (χ1n) is 6.27. The van der Waals surface area contributed by atoms with Crippen LogP contribution >= 0.6 is 11.6 Å². The molecule has 0 bridgehead atoms. The smallest absolute Gasteiger partial charge is 0.257 e. The van der Waals surface area contributed by atoms with Crippen LogP contribution in [0.5, 0.6) is 0 Å². The number of rotatable bonds is 5. The Labute approximate surface area is 126 Å². The van der Waals surface area contributed by atoms with Crippen molar-refractivity contribution in [2.75, 3.05) is 17.3 Å². The van der Waals surface area contributed by atoms with Gasteiger partial charge in [-0.2, -0.15) is 0 Å². The average Bonchev–Trinajstić information content (AvgIpc) is 2.49. The number of nitrogens with two attached hydrogens (primary N) is 1. The third-order valence-electron chi connectivity index (χ3n) is 2.85. The van der Waals surface area contributed by atoms with E-state index >= 15 is 0 Å². The minimum absolute atomic E-state index is 0.0946. The monoisotopic (exact) mass is 306 g/mol. The van der Waals surface area contributed by atoms with Crippen molar-refractivity contribution in [1.82, 2.24) is 4.98 Å². The van der Waals surface area contributed by atoms with Gasteiger partial charge in [0.05, 0.1) is 10.6 Å². The lowest BCUT2D eigenvalue weighted by Gasteiger charge is -2.08. The quantitative estimate of drug-likeness (QED) is 0.498. The topological polar surface area (TPSA) is 100 Å². The molecule has 2 rings (SSSR count). The molecular weight excluding hydrogens is 292 g/mol. The fraction of sp³-hybridized carbons (Fsp3) is 0.143. The molecule has 0 spiro atoms. The van der Waals surface area contributed by atoms with E-state index in [9.17, 15) is 4.79 Å². The number of nitrogen functional groups attached to an aromatic ring is 1. The molecule has 1 aromatic carbocycles. The molecule has 21 heavy (non-hydrogen) atoms. The summed E-state index contributed by atoms with van der Waals surface area (Å²) in [5.41, 5.74) is 4.32. The molecule has 0 aliphatic carbocycles. The molecular formula is C14H15ClN4O2. The lowest BCUT2D eigenvalue weighted by atomic mass is 10.1. The van der Waals surface area contributed by atoms with E-state index in [0.29, 0.717) is 23.5 Å². The number of nitrogens with one attached hydrogen (secondary N) is 2. The number of amides is 1.